The summed E-state index contributed by atoms with van der Waals surface area (Å²) in [5.74, 6) is 0.0782. The Morgan fingerprint density at radius 3 is 2.26 bits per heavy atom. The molecule has 4 heteroatoms. The van der Waals surface area contributed by atoms with Crippen molar-refractivity contribution in [1.29, 1.82) is 0 Å². The van der Waals surface area contributed by atoms with Crippen molar-refractivity contribution in [3.8, 4) is 0 Å². The summed E-state index contributed by atoms with van der Waals surface area (Å²) in [6.07, 6.45) is 3.80. The monoisotopic (exact) mass is 370 g/mol. The maximum atomic E-state index is 12.1. The molecule has 0 saturated heterocycles. The molecule has 4 rings (SSSR count). The molecule has 132 valence electrons. The van der Waals surface area contributed by atoms with E-state index in [1.807, 2.05) is 68.5 Å². The Morgan fingerprint density at radius 1 is 0.889 bits per heavy atom. The summed E-state index contributed by atoms with van der Waals surface area (Å²) >= 11 is 1.68. The second kappa shape index (κ2) is 7.25. The zero-order chi connectivity index (χ0) is 18.8. The first kappa shape index (κ1) is 17.3. The number of Topliss-reactive ketones (excluding diaryl/α,β-unsaturated/α-hetero) is 1. The second-order valence-electron chi connectivity index (χ2n) is 6.47. The van der Waals surface area contributed by atoms with Gasteiger partial charge in [0.1, 0.15) is 5.70 Å². The fourth-order valence-electron chi connectivity index (χ4n) is 3.04. The number of benzene rings is 2. The summed E-state index contributed by atoms with van der Waals surface area (Å²) in [5, 5.41) is 10.2. The summed E-state index contributed by atoms with van der Waals surface area (Å²) < 4.78 is 1.20. The fraction of sp³-hybridized carbons (Fsp3) is 0.0870. The highest BCUT2D eigenvalue weighted by atomic mass is 32.1. The van der Waals surface area contributed by atoms with Crippen LogP contribution in [0, 0.1) is 0 Å². The molecule has 0 spiro atoms. The van der Waals surface area contributed by atoms with Crippen LogP contribution in [-0.4, -0.2) is 5.78 Å². The predicted octanol–water partition coefficient (Wildman–Crippen LogP) is 6.87. The SMILES string of the molecule is CC1=CC(=C(N=Nc2ccccc2)c2cc3ccccc3s2)C=C(C)C1=O. The van der Waals surface area contributed by atoms with E-state index in [1.54, 1.807) is 11.3 Å². The summed E-state index contributed by atoms with van der Waals surface area (Å²) in [6.45, 7) is 3.69. The number of fused-ring (bicyclic) bond motifs is 1. The molecule has 0 radical (unpaired) electrons. The molecule has 1 heterocycles. The zero-order valence-electron chi connectivity index (χ0n) is 15.1. The average Bonchev–Trinajstić information content (AvgIpc) is 3.11. The number of rotatable bonds is 3. The molecule has 3 nitrogen and oxygen atoms in total. The Hall–Kier alpha value is -3.11. The van der Waals surface area contributed by atoms with Crippen LogP contribution in [0.3, 0.4) is 0 Å². The molecule has 0 saturated carbocycles. The van der Waals surface area contributed by atoms with E-state index in [0.29, 0.717) is 0 Å². The van der Waals surface area contributed by atoms with Gasteiger partial charge >= 0.3 is 0 Å². The Balaban J connectivity index is 1.89. The van der Waals surface area contributed by atoms with Crippen molar-refractivity contribution in [1.82, 2.24) is 0 Å². The molecule has 2 aromatic carbocycles. The average molecular weight is 370 g/mol. The van der Waals surface area contributed by atoms with Crippen molar-refractivity contribution < 1.29 is 4.79 Å². The molecular formula is C23H18N2OS. The maximum Gasteiger partial charge on any atom is 0.184 e. The molecule has 1 aliphatic carbocycles. The highest BCUT2D eigenvalue weighted by Gasteiger charge is 2.18. The normalized spacial score (nSPS) is 14.6. The molecule has 27 heavy (non-hydrogen) atoms. The molecule has 0 amide bonds. The van der Waals surface area contributed by atoms with Crippen LogP contribution >= 0.6 is 11.3 Å². The van der Waals surface area contributed by atoms with E-state index in [0.717, 1.165) is 33.0 Å². The second-order valence-corrected chi connectivity index (χ2v) is 7.56. The van der Waals surface area contributed by atoms with Gasteiger partial charge in [-0.05, 0) is 66.8 Å². The molecule has 0 unspecified atom stereocenters. The summed E-state index contributed by atoms with van der Waals surface area (Å²) in [6, 6.07) is 20.1. The minimum absolute atomic E-state index is 0.0782. The molecule has 0 fully saturated rings. The van der Waals surface area contributed by atoms with E-state index < -0.39 is 0 Å². The number of carbonyl (C=O) groups is 1. The van der Waals surface area contributed by atoms with Crippen LogP contribution in [-0.2, 0) is 4.79 Å². The molecule has 3 aromatic rings. The van der Waals surface area contributed by atoms with Crippen molar-refractivity contribution in [2.45, 2.75) is 13.8 Å². The van der Waals surface area contributed by atoms with Crippen LogP contribution in [0.5, 0.6) is 0 Å². The van der Waals surface area contributed by atoms with Gasteiger partial charge < -0.3 is 0 Å². The lowest BCUT2D eigenvalue weighted by atomic mass is 9.94. The van der Waals surface area contributed by atoms with Gasteiger partial charge in [-0.15, -0.1) is 16.5 Å². The lowest BCUT2D eigenvalue weighted by molar-refractivity contribution is -0.112. The Kier molecular flexibility index (Phi) is 4.65. The zero-order valence-corrected chi connectivity index (χ0v) is 16.0. The predicted molar refractivity (Wildman–Crippen MR) is 112 cm³/mol. The van der Waals surface area contributed by atoms with Gasteiger partial charge in [0.15, 0.2) is 5.78 Å². The molecule has 1 aliphatic rings. The number of hydrogen-bond donors (Lipinski definition) is 0. The van der Waals surface area contributed by atoms with Crippen LogP contribution in [0.4, 0.5) is 5.69 Å². The lowest BCUT2D eigenvalue weighted by Gasteiger charge is -2.11. The minimum Gasteiger partial charge on any atom is -0.289 e. The van der Waals surface area contributed by atoms with E-state index in [1.165, 1.54) is 10.1 Å². The number of thiophene rings is 1. The fourth-order valence-corrected chi connectivity index (χ4v) is 4.11. The maximum absolute atomic E-state index is 12.1. The third-order valence-corrected chi connectivity index (χ3v) is 5.54. The van der Waals surface area contributed by atoms with Gasteiger partial charge in [0.25, 0.3) is 0 Å². The summed E-state index contributed by atoms with van der Waals surface area (Å²) in [4.78, 5) is 13.2. The number of ketones is 1. The van der Waals surface area contributed by atoms with Crippen LogP contribution in [0.2, 0.25) is 0 Å². The third-order valence-electron chi connectivity index (χ3n) is 4.41. The topological polar surface area (TPSA) is 41.8 Å². The van der Waals surface area contributed by atoms with Crippen molar-refractivity contribution in [2.24, 2.45) is 10.2 Å². The molecule has 0 atom stereocenters. The molecule has 0 aliphatic heterocycles. The van der Waals surface area contributed by atoms with Crippen LogP contribution in [0.1, 0.15) is 18.7 Å². The van der Waals surface area contributed by atoms with Gasteiger partial charge in [-0.25, -0.2) is 0 Å². The summed E-state index contributed by atoms with van der Waals surface area (Å²) in [5.41, 5.74) is 3.93. The number of hydrogen-bond acceptors (Lipinski definition) is 4. The molecular weight excluding hydrogens is 352 g/mol. The molecule has 0 N–H and O–H groups in total. The van der Waals surface area contributed by atoms with Crippen LogP contribution in [0.25, 0.3) is 15.8 Å². The Bertz CT molecular complexity index is 1090. The highest BCUT2D eigenvalue weighted by molar-refractivity contribution is 7.20. The quantitative estimate of drug-likeness (QED) is 0.464. The van der Waals surface area contributed by atoms with E-state index in [4.69, 9.17) is 0 Å². The Morgan fingerprint density at radius 2 is 1.56 bits per heavy atom. The van der Waals surface area contributed by atoms with Crippen molar-refractivity contribution in [2.75, 3.05) is 0 Å². The van der Waals surface area contributed by atoms with E-state index in [9.17, 15) is 4.79 Å². The third kappa shape index (κ3) is 3.57. The van der Waals surface area contributed by atoms with Gasteiger partial charge in [0.2, 0.25) is 0 Å². The lowest BCUT2D eigenvalue weighted by Crippen LogP contribution is -2.06. The largest absolute Gasteiger partial charge is 0.289 e. The number of azo groups is 1. The first-order valence-corrected chi connectivity index (χ1v) is 9.55. The standard InChI is InChI=1S/C23H18N2OS/c1-15-12-18(13-16(2)23(15)26)22(25-24-19-9-4-3-5-10-19)21-14-17-8-6-7-11-20(17)27-21/h3-14H,1-2H3. The first-order chi connectivity index (χ1) is 13.1. The van der Waals surface area contributed by atoms with Crippen LogP contribution in [0.15, 0.2) is 99.8 Å². The van der Waals surface area contributed by atoms with Gasteiger partial charge in [-0.1, -0.05) is 36.4 Å². The molecule has 0 bridgehead atoms. The van der Waals surface area contributed by atoms with E-state index in [2.05, 4.69) is 28.4 Å². The number of allylic oxidation sites excluding steroid dienone is 5. The van der Waals surface area contributed by atoms with Crippen molar-refractivity contribution in [3.05, 3.63) is 94.4 Å². The van der Waals surface area contributed by atoms with Gasteiger partial charge in [-0.3, -0.25) is 4.79 Å². The van der Waals surface area contributed by atoms with Crippen molar-refractivity contribution >= 4 is 38.6 Å². The first-order valence-electron chi connectivity index (χ1n) is 8.73. The van der Waals surface area contributed by atoms with Crippen molar-refractivity contribution in [3.63, 3.8) is 0 Å². The van der Waals surface area contributed by atoms with Gasteiger partial charge in [0, 0.05) is 10.3 Å². The van der Waals surface area contributed by atoms with E-state index >= 15 is 0 Å². The smallest absolute Gasteiger partial charge is 0.184 e. The number of carbonyl (C=O) groups excluding carboxylic acids is 1. The Labute approximate surface area is 162 Å². The minimum atomic E-state index is 0.0782. The molecule has 1 aromatic heterocycles. The van der Waals surface area contributed by atoms with Gasteiger partial charge in [0.05, 0.1) is 10.6 Å². The van der Waals surface area contributed by atoms with Gasteiger partial charge in [-0.2, -0.15) is 5.11 Å². The van der Waals surface area contributed by atoms with Crippen LogP contribution < -0.4 is 0 Å². The van der Waals surface area contributed by atoms with E-state index in [-0.39, 0.29) is 5.78 Å². The number of nitrogens with zero attached hydrogens (tertiary/aromatic N) is 2. The highest BCUT2D eigenvalue weighted by Crippen LogP contribution is 2.36. The summed E-state index contributed by atoms with van der Waals surface area (Å²) in [7, 11) is 0.